The van der Waals surface area contributed by atoms with Gasteiger partial charge in [0.05, 0.1) is 30.2 Å². The first kappa shape index (κ1) is 29.3. The van der Waals surface area contributed by atoms with Crippen molar-refractivity contribution < 1.29 is 24.2 Å². The minimum absolute atomic E-state index is 0.262. The zero-order valence-electron chi connectivity index (χ0n) is 22.1. The van der Waals surface area contributed by atoms with Gasteiger partial charge in [-0.25, -0.2) is 9.82 Å². The molecule has 0 bridgehead atoms. The van der Waals surface area contributed by atoms with Crippen LogP contribution < -0.4 is 15.6 Å². The van der Waals surface area contributed by atoms with E-state index in [1.807, 2.05) is 12.1 Å². The van der Waals surface area contributed by atoms with Crippen LogP contribution in [0.4, 0.5) is 15.8 Å². The van der Waals surface area contributed by atoms with Crippen molar-refractivity contribution in [2.45, 2.75) is 31.1 Å². The van der Waals surface area contributed by atoms with E-state index in [4.69, 9.17) is 5.11 Å². The van der Waals surface area contributed by atoms with Crippen LogP contribution in [0.2, 0.25) is 0 Å². The summed E-state index contributed by atoms with van der Waals surface area (Å²) in [5.41, 5.74) is 5.81. The van der Waals surface area contributed by atoms with Crippen molar-refractivity contribution in [2.24, 2.45) is 5.10 Å². The van der Waals surface area contributed by atoms with Crippen LogP contribution in [0, 0.1) is 5.82 Å². The molecule has 1 fully saturated rings. The van der Waals surface area contributed by atoms with Crippen LogP contribution in [0.15, 0.2) is 71.8 Å². The first-order valence-electron chi connectivity index (χ1n) is 13.2. The Bertz CT molecular complexity index is 1350. The monoisotopic (exact) mass is 564 g/mol. The van der Waals surface area contributed by atoms with E-state index < -0.39 is 17.8 Å². The molecule has 0 radical (unpaired) electrons. The van der Waals surface area contributed by atoms with Gasteiger partial charge in [0.25, 0.3) is 11.8 Å². The molecule has 3 aromatic rings. The number of hydrogen-bond donors (Lipinski definition) is 4. The Hall–Kier alpha value is -3.73. The quantitative estimate of drug-likeness (QED) is 0.203. The van der Waals surface area contributed by atoms with Crippen molar-refractivity contribution >= 4 is 41.2 Å². The maximum absolute atomic E-state index is 13.5. The average molecular weight is 565 g/mol. The number of aliphatic hydroxyl groups is 2. The van der Waals surface area contributed by atoms with E-state index in [2.05, 4.69) is 20.7 Å². The van der Waals surface area contributed by atoms with Gasteiger partial charge in [0.2, 0.25) is 0 Å². The van der Waals surface area contributed by atoms with Crippen molar-refractivity contribution in [2.75, 3.05) is 35.7 Å². The van der Waals surface area contributed by atoms with Gasteiger partial charge in [-0.05, 0) is 72.9 Å². The van der Waals surface area contributed by atoms with Crippen LogP contribution in [-0.2, 0) is 5.75 Å². The SMILES string of the molecule is O=C(Nc1ccc(N2CCCCC2)cc1C(=O)N/N=C/c1cccc(F)c1)c1cccc(CSCC(O)CO)c1. The van der Waals surface area contributed by atoms with Gasteiger partial charge in [0, 0.05) is 35.8 Å². The van der Waals surface area contributed by atoms with Gasteiger partial charge in [-0.2, -0.15) is 16.9 Å². The van der Waals surface area contributed by atoms with E-state index in [0.717, 1.165) is 37.2 Å². The third kappa shape index (κ3) is 8.38. The number of hydrogen-bond acceptors (Lipinski definition) is 7. The summed E-state index contributed by atoms with van der Waals surface area (Å²) in [6.07, 6.45) is 3.90. The average Bonchev–Trinajstić information content (AvgIpc) is 2.98. The molecule has 40 heavy (non-hydrogen) atoms. The molecule has 10 heteroatoms. The predicted octanol–water partition coefficient (Wildman–Crippen LogP) is 4.42. The van der Waals surface area contributed by atoms with Crippen LogP contribution in [-0.4, -0.2) is 59.8 Å². The van der Waals surface area contributed by atoms with Gasteiger partial charge in [0.1, 0.15) is 5.82 Å². The molecule has 4 rings (SSSR count). The highest BCUT2D eigenvalue weighted by atomic mass is 32.2. The lowest BCUT2D eigenvalue weighted by atomic mass is 10.1. The van der Waals surface area contributed by atoms with E-state index in [0.29, 0.717) is 28.3 Å². The van der Waals surface area contributed by atoms with E-state index >= 15 is 0 Å². The third-order valence-corrected chi connectivity index (χ3v) is 7.58. The Balaban J connectivity index is 1.51. The summed E-state index contributed by atoms with van der Waals surface area (Å²) in [7, 11) is 0. The number of piperidine rings is 1. The lowest BCUT2D eigenvalue weighted by Crippen LogP contribution is -2.30. The number of amides is 2. The van der Waals surface area contributed by atoms with Crippen LogP contribution in [0.5, 0.6) is 0 Å². The van der Waals surface area contributed by atoms with Gasteiger partial charge in [0.15, 0.2) is 0 Å². The standard InChI is InChI=1S/C30H33FN4O4S/c31-24-9-5-6-21(15-24)17-32-34-30(39)27-16-25(35-12-2-1-3-13-35)10-11-28(27)33-29(38)23-8-4-7-22(14-23)19-40-20-26(37)18-36/h4-11,14-17,26,36-37H,1-3,12-13,18-20H2,(H,33,38)(H,34,39)/b32-17+. The zero-order valence-corrected chi connectivity index (χ0v) is 22.9. The van der Waals surface area contributed by atoms with Crippen molar-refractivity contribution in [1.29, 1.82) is 0 Å². The smallest absolute Gasteiger partial charge is 0.273 e. The molecule has 210 valence electrons. The van der Waals surface area contributed by atoms with E-state index in [1.165, 1.54) is 36.5 Å². The number of carbonyl (C=O) groups is 2. The summed E-state index contributed by atoms with van der Waals surface area (Å²) < 4.78 is 13.5. The normalized spacial score (nSPS) is 14.2. The molecule has 1 atom stereocenters. The lowest BCUT2D eigenvalue weighted by Gasteiger charge is -2.29. The van der Waals surface area contributed by atoms with Gasteiger partial charge < -0.3 is 20.4 Å². The van der Waals surface area contributed by atoms with Crippen LogP contribution >= 0.6 is 11.8 Å². The van der Waals surface area contributed by atoms with E-state index in [-0.39, 0.29) is 18.1 Å². The molecule has 4 N–H and O–H groups in total. The first-order chi connectivity index (χ1) is 19.4. The molecule has 8 nitrogen and oxygen atoms in total. The van der Waals surface area contributed by atoms with E-state index in [1.54, 1.807) is 42.5 Å². The van der Waals surface area contributed by atoms with Gasteiger partial charge in [-0.1, -0.05) is 24.3 Å². The van der Waals surface area contributed by atoms with Crippen molar-refractivity contribution in [3.63, 3.8) is 0 Å². The molecule has 1 aliphatic heterocycles. The summed E-state index contributed by atoms with van der Waals surface area (Å²) in [6, 6.07) is 18.4. The second kappa shape index (κ2) is 14.6. The van der Waals surface area contributed by atoms with Gasteiger partial charge >= 0.3 is 0 Å². The molecule has 0 aliphatic carbocycles. The third-order valence-electron chi connectivity index (χ3n) is 6.42. The summed E-state index contributed by atoms with van der Waals surface area (Å²) in [5, 5.41) is 25.4. The fourth-order valence-corrected chi connectivity index (χ4v) is 5.26. The highest BCUT2D eigenvalue weighted by Gasteiger charge is 2.19. The summed E-state index contributed by atoms with van der Waals surface area (Å²) in [6.45, 7) is 1.49. The first-order valence-corrected chi connectivity index (χ1v) is 14.3. The topological polar surface area (TPSA) is 114 Å². The fourth-order valence-electron chi connectivity index (χ4n) is 4.35. The second-order valence-corrected chi connectivity index (χ2v) is 10.6. The van der Waals surface area contributed by atoms with Crippen molar-refractivity contribution in [3.05, 3.63) is 94.8 Å². The van der Waals surface area contributed by atoms with Crippen molar-refractivity contribution in [1.82, 2.24) is 5.43 Å². The maximum Gasteiger partial charge on any atom is 0.273 e. The van der Waals surface area contributed by atoms with Crippen LogP contribution in [0.25, 0.3) is 0 Å². The van der Waals surface area contributed by atoms with Crippen LogP contribution in [0.3, 0.4) is 0 Å². The fraction of sp³-hybridized carbons (Fsp3) is 0.300. The molecule has 0 aromatic heterocycles. The Kier molecular flexibility index (Phi) is 10.7. The molecule has 0 spiro atoms. The molecule has 2 amide bonds. The molecular weight excluding hydrogens is 531 g/mol. The minimum atomic E-state index is -0.785. The number of thioether (sulfide) groups is 1. The van der Waals surface area contributed by atoms with Gasteiger partial charge in [-0.15, -0.1) is 0 Å². The molecule has 3 aromatic carbocycles. The number of halogens is 1. The number of carbonyl (C=O) groups excluding carboxylic acids is 2. The summed E-state index contributed by atoms with van der Waals surface area (Å²) in [4.78, 5) is 28.6. The minimum Gasteiger partial charge on any atom is -0.394 e. The van der Waals surface area contributed by atoms with Crippen LogP contribution in [0.1, 0.15) is 51.1 Å². The number of rotatable bonds is 11. The predicted molar refractivity (Wildman–Crippen MR) is 158 cm³/mol. The maximum atomic E-state index is 13.5. The number of nitrogens with zero attached hydrogens (tertiary/aromatic N) is 2. The Morgan fingerprint density at radius 3 is 2.60 bits per heavy atom. The zero-order chi connectivity index (χ0) is 28.3. The molecular formula is C30H33FN4O4S. The summed E-state index contributed by atoms with van der Waals surface area (Å²) in [5.74, 6) is -0.324. The van der Waals surface area contributed by atoms with E-state index in [9.17, 15) is 19.1 Å². The molecule has 1 saturated heterocycles. The Labute approximate surface area is 237 Å². The van der Waals surface area contributed by atoms with Crippen molar-refractivity contribution in [3.8, 4) is 0 Å². The molecule has 1 aliphatic rings. The number of benzene rings is 3. The number of hydrazone groups is 1. The Morgan fingerprint density at radius 2 is 1.82 bits per heavy atom. The Morgan fingerprint density at radius 1 is 1.02 bits per heavy atom. The number of anilines is 2. The largest absolute Gasteiger partial charge is 0.394 e. The summed E-state index contributed by atoms with van der Waals surface area (Å²) >= 11 is 1.46. The molecule has 1 unspecified atom stereocenters. The number of nitrogens with one attached hydrogen (secondary N) is 2. The molecule has 0 saturated carbocycles. The second-order valence-electron chi connectivity index (χ2n) is 9.54. The number of aliphatic hydroxyl groups excluding tert-OH is 2. The lowest BCUT2D eigenvalue weighted by molar-refractivity contribution is 0.0956. The highest BCUT2D eigenvalue weighted by Crippen LogP contribution is 2.27. The molecule has 1 heterocycles. The van der Waals surface area contributed by atoms with Gasteiger partial charge in [-0.3, -0.25) is 9.59 Å². The highest BCUT2D eigenvalue weighted by molar-refractivity contribution is 7.98.